The van der Waals surface area contributed by atoms with Crippen molar-refractivity contribution in [1.29, 1.82) is 0 Å². The normalized spacial score (nSPS) is 41.7. The van der Waals surface area contributed by atoms with Crippen molar-refractivity contribution in [3.05, 3.63) is 12.2 Å². The Balaban J connectivity index is 2.13. The highest BCUT2D eigenvalue weighted by atomic mass is 31.0. The van der Waals surface area contributed by atoms with Crippen LogP contribution >= 0.6 is 9.24 Å². The molecule has 2 rings (SSSR count). The van der Waals surface area contributed by atoms with Gasteiger partial charge in [0.25, 0.3) is 0 Å². The number of allylic oxidation sites excluding steroid dienone is 1. The monoisotopic (exact) mass is 183 g/mol. The summed E-state index contributed by atoms with van der Waals surface area (Å²) < 4.78 is 0. The molecule has 0 N–H and O–H groups in total. The predicted octanol–water partition coefficient (Wildman–Crippen LogP) is 1.90. The molecule has 0 saturated carbocycles. The summed E-state index contributed by atoms with van der Waals surface area (Å²) in [4.78, 5) is 2.56. The van der Waals surface area contributed by atoms with Crippen LogP contribution in [0.15, 0.2) is 12.2 Å². The summed E-state index contributed by atoms with van der Waals surface area (Å²) in [6.07, 6.45) is 7.41. The maximum atomic E-state index is 3.10. The topological polar surface area (TPSA) is 3.24 Å². The van der Waals surface area contributed by atoms with Crippen molar-refractivity contribution in [3.8, 4) is 0 Å². The molecule has 0 aromatic rings. The minimum Gasteiger partial charge on any atom is -0.302 e. The molecule has 0 aromatic carbocycles. The van der Waals surface area contributed by atoms with E-state index in [1.165, 1.54) is 32.5 Å². The van der Waals surface area contributed by atoms with Gasteiger partial charge in [0.1, 0.15) is 0 Å². The van der Waals surface area contributed by atoms with Crippen LogP contribution in [0.25, 0.3) is 0 Å². The first kappa shape index (κ1) is 8.72. The van der Waals surface area contributed by atoms with E-state index in [4.69, 9.17) is 0 Å². The lowest BCUT2D eigenvalue weighted by molar-refractivity contribution is 0.345. The summed E-state index contributed by atoms with van der Waals surface area (Å²) in [7, 11) is 3.10. The van der Waals surface area contributed by atoms with E-state index in [1.807, 2.05) is 0 Å². The lowest BCUT2D eigenvalue weighted by Gasteiger charge is -2.31. The second-order valence-electron chi connectivity index (χ2n) is 4.13. The fourth-order valence-electron chi connectivity index (χ4n) is 2.43. The van der Waals surface area contributed by atoms with Gasteiger partial charge in [0, 0.05) is 18.2 Å². The highest BCUT2D eigenvalue weighted by Gasteiger charge is 2.41. The number of hydrogen-bond acceptors (Lipinski definition) is 1. The number of likely N-dealkylation sites (tertiary alicyclic amines) is 1. The Morgan fingerprint density at radius 2 is 2.50 bits per heavy atom. The maximum Gasteiger partial charge on any atom is 0.00789 e. The molecule has 1 nitrogen and oxygen atoms in total. The Morgan fingerprint density at radius 3 is 3.17 bits per heavy atom. The zero-order valence-corrected chi connectivity index (χ0v) is 8.95. The van der Waals surface area contributed by atoms with Gasteiger partial charge in [-0.05, 0) is 25.3 Å². The van der Waals surface area contributed by atoms with E-state index in [-0.39, 0.29) is 0 Å². The van der Waals surface area contributed by atoms with Crippen molar-refractivity contribution in [1.82, 2.24) is 4.90 Å². The Kier molecular flexibility index (Phi) is 2.27. The van der Waals surface area contributed by atoms with Crippen molar-refractivity contribution in [3.63, 3.8) is 0 Å². The molecule has 12 heavy (non-hydrogen) atoms. The molecule has 0 amide bonds. The largest absolute Gasteiger partial charge is 0.302 e. The van der Waals surface area contributed by atoms with E-state index in [2.05, 4.69) is 33.2 Å². The van der Waals surface area contributed by atoms with Crippen LogP contribution in [-0.4, -0.2) is 29.7 Å². The van der Waals surface area contributed by atoms with Crippen LogP contribution in [0.3, 0.4) is 0 Å². The zero-order chi connectivity index (χ0) is 8.60. The van der Waals surface area contributed by atoms with E-state index in [0.717, 1.165) is 5.92 Å². The first-order chi connectivity index (χ1) is 5.74. The number of nitrogens with zero attached hydrogens (tertiary/aromatic N) is 1. The first-order valence-corrected chi connectivity index (χ1v) is 5.50. The van der Waals surface area contributed by atoms with Gasteiger partial charge >= 0.3 is 0 Å². The van der Waals surface area contributed by atoms with Crippen LogP contribution in [0.2, 0.25) is 0 Å². The van der Waals surface area contributed by atoms with Crippen LogP contribution in [0.4, 0.5) is 0 Å². The second-order valence-corrected chi connectivity index (χ2v) is 5.28. The summed E-state index contributed by atoms with van der Waals surface area (Å²) in [5.41, 5.74) is 0. The SMILES string of the molecule is CCN1C[C@H]2C=CCC[C@@]2(P)C1. The summed E-state index contributed by atoms with van der Waals surface area (Å²) in [5.74, 6) is 0.802. The maximum absolute atomic E-state index is 3.10. The molecule has 2 heteroatoms. The molecule has 3 atom stereocenters. The molecular weight excluding hydrogens is 165 g/mol. The highest BCUT2D eigenvalue weighted by molar-refractivity contribution is 7.19. The van der Waals surface area contributed by atoms with Crippen LogP contribution in [0.5, 0.6) is 0 Å². The third kappa shape index (κ3) is 1.34. The van der Waals surface area contributed by atoms with E-state index in [0.29, 0.717) is 5.16 Å². The summed E-state index contributed by atoms with van der Waals surface area (Å²) in [6.45, 7) is 6.02. The van der Waals surface area contributed by atoms with Crippen LogP contribution in [0, 0.1) is 5.92 Å². The van der Waals surface area contributed by atoms with Gasteiger partial charge in [-0.15, -0.1) is 9.24 Å². The van der Waals surface area contributed by atoms with Gasteiger partial charge in [-0.2, -0.15) is 0 Å². The van der Waals surface area contributed by atoms with Gasteiger partial charge < -0.3 is 4.90 Å². The van der Waals surface area contributed by atoms with Crippen LogP contribution in [0.1, 0.15) is 19.8 Å². The Bertz CT molecular complexity index is 202. The number of rotatable bonds is 1. The van der Waals surface area contributed by atoms with Crippen LogP contribution in [-0.2, 0) is 0 Å². The Labute approximate surface area is 77.4 Å². The van der Waals surface area contributed by atoms with Gasteiger partial charge in [-0.25, -0.2) is 0 Å². The molecular formula is C10H18NP. The molecule has 0 aromatic heterocycles. The van der Waals surface area contributed by atoms with Crippen molar-refractivity contribution >= 4 is 9.24 Å². The summed E-state index contributed by atoms with van der Waals surface area (Å²) in [5, 5.41) is 0.519. The second kappa shape index (κ2) is 3.12. The number of hydrogen-bond donors (Lipinski definition) is 0. The average Bonchev–Trinajstić information content (AvgIpc) is 2.41. The lowest BCUT2D eigenvalue weighted by Crippen LogP contribution is -2.31. The van der Waals surface area contributed by atoms with Gasteiger partial charge in [-0.1, -0.05) is 19.1 Å². The lowest BCUT2D eigenvalue weighted by atomic mass is 9.86. The fraction of sp³-hybridized carbons (Fsp3) is 0.800. The van der Waals surface area contributed by atoms with E-state index >= 15 is 0 Å². The number of fused-ring (bicyclic) bond motifs is 1. The summed E-state index contributed by atoms with van der Waals surface area (Å²) in [6, 6.07) is 0. The molecule has 1 aliphatic carbocycles. The van der Waals surface area contributed by atoms with Gasteiger partial charge in [-0.3, -0.25) is 0 Å². The molecule has 1 unspecified atom stereocenters. The molecule has 68 valence electrons. The molecule has 1 heterocycles. The molecule has 0 bridgehead atoms. The molecule has 2 aliphatic rings. The van der Waals surface area contributed by atoms with E-state index in [9.17, 15) is 0 Å². The van der Waals surface area contributed by atoms with Crippen molar-refractivity contribution in [2.45, 2.75) is 24.9 Å². The smallest absolute Gasteiger partial charge is 0.00789 e. The average molecular weight is 183 g/mol. The zero-order valence-electron chi connectivity index (χ0n) is 7.79. The first-order valence-electron chi connectivity index (χ1n) is 4.92. The quantitative estimate of drug-likeness (QED) is 0.443. The van der Waals surface area contributed by atoms with Gasteiger partial charge in [0.15, 0.2) is 0 Å². The van der Waals surface area contributed by atoms with Crippen molar-refractivity contribution in [2.24, 2.45) is 5.92 Å². The standard InChI is InChI=1S/C10H18NP/c1-2-11-7-9-5-3-4-6-10(9,12)8-11/h3,5,9H,2,4,6-8,12H2,1H3/t9-,10-/m1/s1. The van der Waals surface area contributed by atoms with Gasteiger partial charge in [0.05, 0.1) is 0 Å². The molecule has 0 radical (unpaired) electrons. The Morgan fingerprint density at radius 1 is 1.67 bits per heavy atom. The van der Waals surface area contributed by atoms with Crippen LogP contribution < -0.4 is 0 Å². The predicted molar refractivity (Wildman–Crippen MR) is 56.4 cm³/mol. The highest BCUT2D eigenvalue weighted by Crippen LogP contribution is 2.42. The third-order valence-corrected chi connectivity index (χ3v) is 4.20. The molecule has 1 saturated heterocycles. The molecule has 1 fully saturated rings. The summed E-state index contributed by atoms with van der Waals surface area (Å²) >= 11 is 0. The Hall–Kier alpha value is 0.130. The van der Waals surface area contributed by atoms with Gasteiger partial charge in [0.2, 0.25) is 0 Å². The van der Waals surface area contributed by atoms with E-state index < -0.39 is 0 Å². The van der Waals surface area contributed by atoms with Crippen molar-refractivity contribution in [2.75, 3.05) is 19.6 Å². The molecule has 0 spiro atoms. The third-order valence-electron chi connectivity index (χ3n) is 3.30. The van der Waals surface area contributed by atoms with Crippen molar-refractivity contribution < 1.29 is 0 Å². The van der Waals surface area contributed by atoms with E-state index in [1.54, 1.807) is 0 Å². The minimum atomic E-state index is 0.519. The molecule has 1 aliphatic heterocycles. The fourth-order valence-corrected chi connectivity index (χ4v) is 3.07. The minimum absolute atomic E-state index is 0.519.